The molecule has 1 fully saturated rings. The third kappa shape index (κ3) is 5.88. The van der Waals surface area contributed by atoms with Crippen molar-refractivity contribution in [2.24, 2.45) is 5.92 Å². The minimum absolute atomic E-state index is 0.0188. The van der Waals surface area contributed by atoms with E-state index in [4.69, 9.17) is 9.15 Å². The van der Waals surface area contributed by atoms with Crippen LogP contribution < -0.4 is 0 Å². The van der Waals surface area contributed by atoms with Crippen molar-refractivity contribution in [3.63, 3.8) is 0 Å². The molecule has 0 spiro atoms. The molecule has 1 aromatic rings. The summed E-state index contributed by atoms with van der Waals surface area (Å²) >= 11 is 0. The third-order valence-corrected chi connectivity index (χ3v) is 4.35. The first kappa shape index (κ1) is 19.5. The van der Waals surface area contributed by atoms with Gasteiger partial charge in [-0.25, -0.2) is 0 Å². The molecule has 2 amide bonds. The second-order valence-electron chi connectivity index (χ2n) is 6.90. The van der Waals surface area contributed by atoms with Crippen LogP contribution in [0, 0.1) is 5.92 Å². The van der Waals surface area contributed by atoms with Crippen LogP contribution in [0.3, 0.4) is 0 Å². The largest absolute Gasteiger partial charge is 0.467 e. The highest BCUT2D eigenvalue weighted by Crippen LogP contribution is 2.16. The summed E-state index contributed by atoms with van der Waals surface area (Å²) in [4.78, 5) is 28.7. The molecule has 0 aromatic carbocycles. The SMILES string of the molecule is CCCN(CC(=O)N(Cc1ccco1)C[C@@H]1CCCO1)C(=O)C(C)C. The van der Waals surface area contributed by atoms with Crippen molar-refractivity contribution in [2.75, 3.05) is 26.2 Å². The van der Waals surface area contributed by atoms with Crippen LogP contribution in [0.25, 0.3) is 0 Å². The first-order valence-corrected chi connectivity index (χ1v) is 9.21. The van der Waals surface area contributed by atoms with Gasteiger partial charge >= 0.3 is 0 Å². The molecular formula is C19H30N2O4. The number of furan rings is 1. The van der Waals surface area contributed by atoms with Crippen LogP contribution in [0.1, 0.15) is 45.8 Å². The van der Waals surface area contributed by atoms with Crippen LogP contribution in [0.15, 0.2) is 22.8 Å². The summed E-state index contributed by atoms with van der Waals surface area (Å²) in [6.07, 6.45) is 4.50. The first-order chi connectivity index (χ1) is 12.0. The van der Waals surface area contributed by atoms with Crippen molar-refractivity contribution in [3.8, 4) is 0 Å². The number of carbonyl (C=O) groups is 2. The molecule has 6 heteroatoms. The minimum Gasteiger partial charge on any atom is -0.467 e. The number of ether oxygens (including phenoxy) is 1. The monoisotopic (exact) mass is 350 g/mol. The van der Waals surface area contributed by atoms with Gasteiger partial charge in [-0.3, -0.25) is 9.59 Å². The van der Waals surface area contributed by atoms with E-state index in [1.54, 1.807) is 16.1 Å². The summed E-state index contributed by atoms with van der Waals surface area (Å²) in [6, 6.07) is 3.68. The lowest BCUT2D eigenvalue weighted by molar-refractivity contribution is -0.143. The van der Waals surface area contributed by atoms with Gasteiger partial charge in [0, 0.05) is 25.6 Å². The molecule has 0 unspecified atom stereocenters. The van der Waals surface area contributed by atoms with Gasteiger partial charge in [-0.15, -0.1) is 0 Å². The fourth-order valence-electron chi connectivity index (χ4n) is 3.04. The smallest absolute Gasteiger partial charge is 0.242 e. The predicted octanol–water partition coefficient (Wildman–Crippen LogP) is 2.68. The van der Waals surface area contributed by atoms with E-state index >= 15 is 0 Å². The number of nitrogens with zero attached hydrogens (tertiary/aromatic N) is 2. The molecule has 0 bridgehead atoms. The van der Waals surface area contributed by atoms with E-state index < -0.39 is 0 Å². The highest BCUT2D eigenvalue weighted by Gasteiger charge is 2.26. The zero-order valence-electron chi connectivity index (χ0n) is 15.6. The Morgan fingerprint density at radius 1 is 1.32 bits per heavy atom. The Labute approximate surface area is 150 Å². The topological polar surface area (TPSA) is 63.0 Å². The lowest BCUT2D eigenvalue weighted by Gasteiger charge is -2.29. The molecule has 1 atom stereocenters. The summed E-state index contributed by atoms with van der Waals surface area (Å²) in [6.45, 7) is 8.14. The van der Waals surface area contributed by atoms with Gasteiger partial charge in [-0.1, -0.05) is 20.8 Å². The molecule has 1 aromatic heterocycles. The quantitative estimate of drug-likeness (QED) is 0.687. The zero-order chi connectivity index (χ0) is 18.2. The van der Waals surface area contributed by atoms with E-state index in [1.807, 2.05) is 32.9 Å². The van der Waals surface area contributed by atoms with Crippen molar-refractivity contribution >= 4 is 11.8 Å². The number of rotatable bonds is 9. The van der Waals surface area contributed by atoms with Gasteiger partial charge in [-0.05, 0) is 31.4 Å². The summed E-state index contributed by atoms with van der Waals surface area (Å²) in [5.74, 6) is 0.583. The van der Waals surface area contributed by atoms with Crippen LogP contribution in [0.2, 0.25) is 0 Å². The Bertz CT molecular complexity index is 536. The van der Waals surface area contributed by atoms with E-state index in [2.05, 4.69) is 0 Å². The molecular weight excluding hydrogens is 320 g/mol. The Balaban J connectivity index is 2.04. The van der Waals surface area contributed by atoms with Gasteiger partial charge in [0.15, 0.2) is 0 Å². The van der Waals surface area contributed by atoms with Crippen LogP contribution in [0.5, 0.6) is 0 Å². The number of hydrogen-bond donors (Lipinski definition) is 0. The maximum absolute atomic E-state index is 12.9. The Kier molecular flexibility index (Phi) is 7.50. The molecule has 1 aliphatic heterocycles. The van der Waals surface area contributed by atoms with Crippen LogP contribution in [-0.4, -0.2) is 54.0 Å². The van der Waals surface area contributed by atoms with E-state index in [-0.39, 0.29) is 30.4 Å². The normalized spacial score (nSPS) is 17.0. The summed E-state index contributed by atoms with van der Waals surface area (Å²) in [5, 5.41) is 0. The zero-order valence-corrected chi connectivity index (χ0v) is 15.6. The molecule has 0 saturated carbocycles. The highest BCUT2D eigenvalue weighted by molar-refractivity contribution is 5.85. The summed E-state index contributed by atoms with van der Waals surface area (Å²) < 4.78 is 11.1. The average molecular weight is 350 g/mol. The van der Waals surface area contributed by atoms with Gasteiger partial charge in [-0.2, -0.15) is 0 Å². The summed E-state index contributed by atoms with van der Waals surface area (Å²) in [5.41, 5.74) is 0. The van der Waals surface area contributed by atoms with Gasteiger partial charge < -0.3 is 19.0 Å². The first-order valence-electron chi connectivity index (χ1n) is 9.21. The standard InChI is InChI=1S/C19H30N2O4/c1-4-9-20(19(23)15(2)3)14-18(22)21(12-16-7-5-10-24-16)13-17-8-6-11-25-17/h5,7,10,15,17H,4,6,8-9,11-14H2,1-3H3/t17-/m0/s1. The van der Waals surface area contributed by atoms with E-state index in [1.165, 1.54) is 0 Å². The van der Waals surface area contributed by atoms with Crippen molar-refractivity contribution in [2.45, 2.75) is 52.7 Å². The summed E-state index contributed by atoms with van der Waals surface area (Å²) in [7, 11) is 0. The maximum atomic E-state index is 12.9. The van der Waals surface area contributed by atoms with E-state index in [0.29, 0.717) is 19.6 Å². The van der Waals surface area contributed by atoms with Crippen molar-refractivity contribution in [3.05, 3.63) is 24.2 Å². The van der Waals surface area contributed by atoms with Crippen molar-refractivity contribution < 1.29 is 18.7 Å². The average Bonchev–Trinajstić information content (AvgIpc) is 3.26. The van der Waals surface area contributed by atoms with Gasteiger partial charge in [0.2, 0.25) is 11.8 Å². The number of amides is 2. The Morgan fingerprint density at radius 3 is 2.68 bits per heavy atom. The fourth-order valence-corrected chi connectivity index (χ4v) is 3.04. The van der Waals surface area contributed by atoms with Gasteiger partial charge in [0.1, 0.15) is 5.76 Å². The van der Waals surface area contributed by atoms with Crippen molar-refractivity contribution in [1.82, 2.24) is 9.80 Å². The van der Waals surface area contributed by atoms with Crippen LogP contribution in [0.4, 0.5) is 0 Å². The van der Waals surface area contributed by atoms with E-state index in [9.17, 15) is 9.59 Å². The molecule has 2 rings (SSSR count). The predicted molar refractivity (Wildman–Crippen MR) is 94.8 cm³/mol. The van der Waals surface area contributed by atoms with E-state index in [0.717, 1.165) is 31.6 Å². The number of hydrogen-bond acceptors (Lipinski definition) is 4. The molecule has 1 saturated heterocycles. The Hall–Kier alpha value is -1.82. The third-order valence-electron chi connectivity index (χ3n) is 4.35. The lowest BCUT2D eigenvalue weighted by Crippen LogP contribution is -2.46. The molecule has 1 aliphatic rings. The second kappa shape index (κ2) is 9.61. The molecule has 25 heavy (non-hydrogen) atoms. The molecule has 0 radical (unpaired) electrons. The highest BCUT2D eigenvalue weighted by atomic mass is 16.5. The maximum Gasteiger partial charge on any atom is 0.242 e. The van der Waals surface area contributed by atoms with Crippen LogP contribution >= 0.6 is 0 Å². The fraction of sp³-hybridized carbons (Fsp3) is 0.684. The molecule has 0 N–H and O–H groups in total. The van der Waals surface area contributed by atoms with Crippen molar-refractivity contribution in [1.29, 1.82) is 0 Å². The van der Waals surface area contributed by atoms with Crippen LogP contribution in [-0.2, 0) is 20.9 Å². The Morgan fingerprint density at radius 2 is 2.12 bits per heavy atom. The van der Waals surface area contributed by atoms with Gasteiger partial charge in [0.05, 0.1) is 25.5 Å². The minimum atomic E-state index is -0.115. The molecule has 0 aliphatic carbocycles. The second-order valence-corrected chi connectivity index (χ2v) is 6.90. The molecule has 2 heterocycles. The van der Waals surface area contributed by atoms with Gasteiger partial charge in [0.25, 0.3) is 0 Å². The lowest BCUT2D eigenvalue weighted by atomic mass is 10.1. The molecule has 140 valence electrons. The number of carbonyl (C=O) groups excluding carboxylic acids is 2. The molecule has 6 nitrogen and oxygen atoms in total.